The first-order valence-corrected chi connectivity index (χ1v) is 13.0. The van der Waals surface area contributed by atoms with Gasteiger partial charge in [0.1, 0.15) is 10.8 Å². The number of carbonyl (C=O) groups excluding carboxylic acids is 2. The number of fused-ring (bicyclic) bond motifs is 1. The summed E-state index contributed by atoms with van der Waals surface area (Å²) in [7, 11) is 1.52. The summed E-state index contributed by atoms with van der Waals surface area (Å²) in [4.78, 5) is 26.6. The van der Waals surface area contributed by atoms with Gasteiger partial charge in [-0.25, -0.2) is 0 Å². The largest absolute Gasteiger partial charge is 0.497 e. The molecular weight excluding hydrogens is 565 g/mol. The zero-order valence-corrected chi connectivity index (χ0v) is 22.6. The second-order valence-corrected chi connectivity index (χ2v) is 10.2. The van der Waals surface area contributed by atoms with Crippen LogP contribution in [-0.4, -0.2) is 33.7 Å². The lowest BCUT2D eigenvalue weighted by Gasteiger charge is -2.08. The molecule has 204 valence electrons. The van der Waals surface area contributed by atoms with Crippen LogP contribution in [0.25, 0.3) is 21.5 Å². The maximum Gasteiger partial charge on any atom is 0.416 e. The molecule has 0 spiro atoms. The zero-order chi connectivity index (χ0) is 28.6. The van der Waals surface area contributed by atoms with E-state index >= 15 is 0 Å². The van der Waals surface area contributed by atoms with Gasteiger partial charge < -0.3 is 10.1 Å². The maximum atomic E-state index is 13.5. The van der Waals surface area contributed by atoms with Crippen molar-refractivity contribution in [1.29, 1.82) is 0 Å². The summed E-state index contributed by atoms with van der Waals surface area (Å²) in [6.07, 6.45) is -4.60. The number of halogens is 4. The highest BCUT2D eigenvalue weighted by Crippen LogP contribution is 2.34. The average molecular weight is 585 g/mol. The van der Waals surface area contributed by atoms with Gasteiger partial charge in [-0.3, -0.25) is 14.2 Å². The summed E-state index contributed by atoms with van der Waals surface area (Å²) in [6, 6.07) is 16.5. The van der Waals surface area contributed by atoms with Crippen LogP contribution in [0.1, 0.15) is 27.2 Å². The lowest BCUT2D eigenvalue weighted by atomic mass is 10.1. The highest BCUT2D eigenvalue weighted by molar-refractivity contribution is 7.18. The van der Waals surface area contributed by atoms with Crippen molar-refractivity contribution in [1.82, 2.24) is 14.8 Å². The second-order valence-electron chi connectivity index (χ2n) is 8.81. The van der Waals surface area contributed by atoms with E-state index in [1.165, 1.54) is 23.8 Å². The zero-order valence-electron chi connectivity index (χ0n) is 21.0. The van der Waals surface area contributed by atoms with E-state index in [2.05, 4.69) is 15.5 Å². The third-order valence-corrected chi connectivity index (χ3v) is 7.42. The molecule has 7 nitrogen and oxygen atoms in total. The van der Waals surface area contributed by atoms with Gasteiger partial charge in [0.2, 0.25) is 11.0 Å². The van der Waals surface area contributed by atoms with Crippen molar-refractivity contribution in [3.8, 4) is 16.3 Å². The van der Waals surface area contributed by atoms with Crippen molar-refractivity contribution in [3.63, 3.8) is 0 Å². The Morgan fingerprint density at radius 2 is 1.80 bits per heavy atom. The monoisotopic (exact) mass is 584 g/mol. The predicted molar refractivity (Wildman–Crippen MR) is 147 cm³/mol. The lowest BCUT2D eigenvalue weighted by Crippen LogP contribution is -2.16. The number of alkyl halides is 3. The van der Waals surface area contributed by atoms with E-state index in [0.29, 0.717) is 38.5 Å². The molecule has 2 aromatic heterocycles. The van der Waals surface area contributed by atoms with Crippen LogP contribution in [-0.2, 0) is 17.4 Å². The highest BCUT2D eigenvalue weighted by atomic mass is 35.5. The molecule has 0 saturated carbocycles. The minimum Gasteiger partial charge on any atom is -0.497 e. The Labute approximate surface area is 235 Å². The van der Waals surface area contributed by atoms with Crippen LogP contribution in [0, 0.1) is 6.92 Å². The first kappa shape index (κ1) is 27.4. The second kappa shape index (κ2) is 10.7. The number of methoxy groups -OCH3 is 1. The molecule has 0 aliphatic heterocycles. The Bertz CT molecular complexity index is 1750. The van der Waals surface area contributed by atoms with Gasteiger partial charge in [-0.1, -0.05) is 35.1 Å². The van der Waals surface area contributed by atoms with Crippen LogP contribution in [0.3, 0.4) is 0 Å². The fourth-order valence-corrected chi connectivity index (χ4v) is 5.22. The van der Waals surface area contributed by atoms with Gasteiger partial charge in [0.15, 0.2) is 0 Å². The van der Waals surface area contributed by atoms with E-state index < -0.39 is 17.6 Å². The quantitative estimate of drug-likeness (QED) is 0.232. The van der Waals surface area contributed by atoms with E-state index in [1.54, 1.807) is 49.4 Å². The molecule has 40 heavy (non-hydrogen) atoms. The minimum atomic E-state index is -4.49. The first-order valence-electron chi connectivity index (χ1n) is 11.8. The molecule has 0 radical (unpaired) electrons. The Kier molecular flexibility index (Phi) is 7.35. The van der Waals surface area contributed by atoms with Crippen molar-refractivity contribution in [3.05, 3.63) is 94.1 Å². The van der Waals surface area contributed by atoms with Crippen molar-refractivity contribution >= 4 is 50.8 Å². The third kappa shape index (κ3) is 5.43. The number of hydrogen-bond acceptors (Lipinski definition) is 6. The molecule has 0 aliphatic rings. The number of carbonyl (C=O) groups is 2. The fourth-order valence-electron chi connectivity index (χ4n) is 4.34. The molecule has 5 aromatic rings. The number of ether oxygens (including phenoxy) is 1. The highest BCUT2D eigenvalue weighted by Gasteiger charge is 2.31. The first-order chi connectivity index (χ1) is 19.0. The molecule has 3 aromatic carbocycles. The number of hydrogen-bond donors (Lipinski definition) is 1. The van der Waals surface area contributed by atoms with Crippen LogP contribution in [0.15, 0.2) is 66.7 Å². The fraction of sp³-hybridized carbons (Fsp3) is 0.143. The average Bonchev–Trinajstić information content (AvgIpc) is 3.50. The van der Waals surface area contributed by atoms with Crippen LogP contribution < -0.4 is 10.1 Å². The van der Waals surface area contributed by atoms with E-state index in [1.807, 2.05) is 0 Å². The van der Waals surface area contributed by atoms with Crippen LogP contribution in [0.5, 0.6) is 5.75 Å². The summed E-state index contributed by atoms with van der Waals surface area (Å²) in [5.41, 5.74) is 1.63. The molecule has 1 amide bonds. The van der Waals surface area contributed by atoms with Crippen LogP contribution in [0.4, 0.5) is 18.3 Å². The Hall–Kier alpha value is -4.22. The van der Waals surface area contributed by atoms with Crippen molar-refractivity contribution in [2.75, 3.05) is 12.4 Å². The Morgan fingerprint density at radius 1 is 1.05 bits per heavy atom. The molecular formula is C28H20ClF3N4O3S. The van der Waals surface area contributed by atoms with Crippen LogP contribution in [0.2, 0.25) is 5.02 Å². The normalized spacial score (nSPS) is 11.6. The Morgan fingerprint density at radius 3 is 2.50 bits per heavy atom. The SMILES string of the molecule is COc1ccc2c(c1)c(CC(=O)Nc1nnc(-c3cccc(C(F)(F)F)c3)s1)c(C)n2C(=O)c1ccc(Cl)cc1. The Balaban J connectivity index is 1.43. The van der Waals surface area contributed by atoms with E-state index in [4.69, 9.17) is 16.3 Å². The van der Waals surface area contributed by atoms with Gasteiger partial charge in [0, 0.05) is 27.2 Å². The molecule has 0 bridgehead atoms. The van der Waals surface area contributed by atoms with Gasteiger partial charge in [-0.15, -0.1) is 10.2 Å². The lowest BCUT2D eigenvalue weighted by molar-refractivity contribution is -0.137. The third-order valence-electron chi connectivity index (χ3n) is 6.28. The molecule has 0 atom stereocenters. The number of anilines is 1. The number of aromatic nitrogens is 3. The van der Waals surface area contributed by atoms with Crippen molar-refractivity contribution in [2.45, 2.75) is 19.5 Å². The molecule has 0 aliphatic carbocycles. The summed E-state index contributed by atoms with van der Waals surface area (Å²) in [6.45, 7) is 1.75. The molecule has 1 N–H and O–H groups in total. The van der Waals surface area contributed by atoms with Gasteiger partial charge in [0.05, 0.1) is 24.6 Å². The number of benzene rings is 3. The van der Waals surface area contributed by atoms with E-state index in [-0.39, 0.29) is 28.0 Å². The van der Waals surface area contributed by atoms with Crippen molar-refractivity contribution in [2.24, 2.45) is 0 Å². The van der Waals surface area contributed by atoms with Gasteiger partial charge in [0.25, 0.3) is 5.91 Å². The summed E-state index contributed by atoms with van der Waals surface area (Å²) in [5, 5.41) is 12.1. The predicted octanol–water partition coefficient (Wildman–Crippen LogP) is 7.02. The molecule has 2 heterocycles. The molecule has 0 unspecified atom stereocenters. The number of nitrogens with one attached hydrogen (secondary N) is 1. The summed E-state index contributed by atoms with van der Waals surface area (Å²) < 4.78 is 46.2. The minimum absolute atomic E-state index is 0.102. The molecule has 0 saturated heterocycles. The number of amides is 1. The summed E-state index contributed by atoms with van der Waals surface area (Å²) in [5.74, 6) is -0.165. The van der Waals surface area contributed by atoms with Gasteiger partial charge >= 0.3 is 6.18 Å². The molecule has 0 fully saturated rings. The number of nitrogens with zero attached hydrogens (tertiary/aromatic N) is 3. The van der Waals surface area contributed by atoms with E-state index in [9.17, 15) is 22.8 Å². The number of rotatable bonds is 6. The molecule has 12 heteroatoms. The topological polar surface area (TPSA) is 86.1 Å². The van der Waals surface area contributed by atoms with Crippen LogP contribution >= 0.6 is 22.9 Å². The standard InChI is InChI=1S/C28H20ClF3N4O3S/c1-15-21(14-24(37)33-27-35-34-25(40-27)17-4-3-5-18(12-17)28(30,31)32)22-13-20(39-2)10-11-23(22)36(15)26(38)16-6-8-19(29)9-7-16/h3-13H,14H2,1-2H3,(H,33,35,37). The van der Waals surface area contributed by atoms with Gasteiger partial charge in [-0.05, 0) is 67.1 Å². The van der Waals surface area contributed by atoms with Crippen molar-refractivity contribution < 1.29 is 27.5 Å². The summed E-state index contributed by atoms with van der Waals surface area (Å²) >= 11 is 6.94. The van der Waals surface area contributed by atoms with Gasteiger partial charge in [-0.2, -0.15) is 13.2 Å². The maximum absolute atomic E-state index is 13.5. The van der Waals surface area contributed by atoms with E-state index in [0.717, 1.165) is 23.5 Å². The molecule has 5 rings (SSSR count). The smallest absolute Gasteiger partial charge is 0.416 e.